The van der Waals surface area contributed by atoms with Crippen LogP contribution in [0.15, 0.2) is 6.33 Å². The molecule has 1 rings (SSSR count). The van der Waals surface area contributed by atoms with Gasteiger partial charge in [-0.15, -0.1) is 10.2 Å². The van der Waals surface area contributed by atoms with Crippen molar-refractivity contribution < 1.29 is 14.6 Å². The predicted octanol–water partition coefficient (Wildman–Crippen LogP) is 0.460. The minimum Gasteiger partial charge on any atom is -0.480 e. The Hall–Kier alpha value is -1.43. The molecular formula is C8H13N3O3. The van der Waals surface area contributed by atoms with Gasteiger partial charge in [0, 0.05) is 6.04 Å². The fourth-order valence-electron chi connectivity index (χ4n) is 1.03. The number of hydrogen-bond acceptors (Lipinski definition) is 4. The fraction of sp³-hybridized carbons (Fsp3) is 0.625. The molecule has 0 saturated carbocycles. The third kappa shape index (κ3) is 2.81. The lowest BCUT2D eigenvalue weighted by Crippen LogP contribution is -2.11. The summed E-state index contributed by atoms with van der Waals surface area (Å²) >= 11 is 0. The van der Waals surface area contributed by atoms with Crippen molar-refractivity contribution in [1.82, 2.24) is 14.8 Å². The average molecular weight is 199 g/mol. The smallest absolute Gasteiger partial charge is 0.329 e. The summed E-state index contributed by atoms with van der Waals surface area (Å²) in [5, 5.41) is 15.9. The zero-order valence-electron chi connectivity index (χ0n) is 8.17. The lowest BCUT2D eigenvalue weighted by molar-refractivity contribution is -0.142. The van der Waals surface area contributed by atoms with E-state index in [4.69, 9.17) is 9.84 Å². The van der Waals surface area contributed by atoms with E-state index in [1.165, 1.54) is 0 Å². The number of nitrogens with zero attached hydrogens (tertiary/aromatic N) is 3. The Morgan fingerprint density at radius 1 is 1.71 bits per heavy atom. The summed E-state index contributed by atoms with van der Waals surface area (Å²) in [5.41, 5.74) is 0. The Bertz CT molecular complexity index is 309. The highest BCUT2D eigenvalue weighted by Gasteiger charge is 2.07. The molecule has 0 aromatic carbocycles. The van der Waals surface area contributed by atoms with Crippen LogP contribution in [0.3, 0.4) is 0 Å². The topological polar surface area (TPSA) is 77.2 Å². The van der Waals surface area contributed by atoms with Gasteiger partial charge in [-0.05, 0) is 13.8 Å². The van der Waals surface area contributed by atoms with Gasteiger partial charge >= 0.3 is 5.97 Å². The van der Waals surface area contributed by atoms with Gasteiger partial charge in [-0.1, -0.05) is 0 Å². The van der Waals surface area contributed by atoms with E-state index in [9.17, 15) is 4.79 Å². The number of aliphatic carboxylic acids is 1. The lowest BCUT2D eigenvalue weighted by atomic mass is 10.4. The van der Waals surface area contributed by atoms with Gasteiger partial charge in [-0.3, -0.25) is 0 Å². The normalized spacial score (nSPS) is 10.8. The van der Waals surface area contributed by atoms with E-state index in [-0.39, 0.29) is 19.3 Å². The van der Waals surface area contributed by atoms with Gasteiger partial charge in [0.25, 0.3) is 0 Å². The summed E-state index contributed by atoms with van der Waals surface area (Å²) in [6.07, 6.45) is 1.60. The fourth-order valence-corrected chi connectivity index (χ4v) is 1.03. The van der Waals surface area contributed by atoms with Crippen molar-refractivity contribution in [2.45, 2.75) is 26.5 Å². The van der Waals surface area contributed by atoms with Gasteiger partial charge in [0.2, 0.25) is 0 Å². The maximum atomic E-state index is 10.2. The molecule has 1 N–H and O–H groups in total. The molecule has 0 aliphatic heterocycles. The second-order valence-electron chi connectivity index (χ2n) is 3.13. The molecule has 0 amide bonds. The molecule has 0 aliphatic rings. The van der Waals surface area contributed by atoms with Crippen LogP contribution in [-0.4, -0.2) is 32.4 Å². The quantitative estimate of drug-likeness (QED) is 0.745. The summed E-state index contributed by atoms with van der Waals surface area (Å²) in [6, 6.07) is 0.244. The molecular weight excluding hydrogens is 186 g/mol. The van der Waals surface area contributed by atoms with Gasteiger partial charge in [0.15, 0.2) is 5.82 Å². The van der Waals surface area contributed by atoms with Crippen LogP contribution < -0.4 is 0 Å². The van der Waals surface area contributed by atoms with Crippen molar-refractivity contribution in [1.29, 1.82) is 0 Å². The average Bonchev–Trinajstić information content (AvgIpc) is 2.51. The predicted molar refractivity (Wildman–Crippen MR) is 47.7 cm³/mol. The third-order valence-corrected chi connectivity index (χ3v) is 1.66. The van der Waals surface area contributed by atoms with Crippen LogP contribution in [0.2, 0.25) is 0 Å². The van der Waals surface area contributed by atoms with Crippen LogP contribution in [0.1, 0.15) is 25.7 Å². The molecule has 0 spiro atoms. The van der Waals surface area contributed by atoms with E-state index in [1.54, 1.807) is 6.33 Å². The maximum Gasteiger partial charge on any atom is 0.329 e. The second kappa shape index (κ2) is 4.71. The third-order valence-electron chi connectivity index (χ3n) is 1.66. The van der Waals surface area contributed by atoms with Crippen LogP contribution in [0.5, 0.6) is 0 Å². The van der Waals surface area contributed by atoms with Gasteiger partial charge in [-0.25, -0.2) is 4.79 Å². The zero-order valence-corrected chi connectivity index (χ0v) is 8.17. The second-order valence-corrected chi connectivity index (χ2v) is 3.13. The van der Waals surface area contributed by atoms with Gasteiger partial charge in [0.1, 0.15) is 19.5 Å². The van der Waals surface area contributed by atoms with Crippen molar-refractivity contribution in [2.75, 3.05) is 6.61 Å². The number of carboxylic acid groups (broad SMARTS) is 1. The number of aromatic nitrogens is 3. The largest absolute Gasteiger partial charge is 0.480 e. The highest BCUT2D eigenvalue weighted by Crippen LogP contribution is 2.06. The molecule has 1 aromatic heterocycles. The van der Waals surface area contributed by atoms with Crippen molar-refractivity contribution in [2.24, 2.45) is 0 Å². The summed E-state index contributed by atoms with van der Waals surface area (Å²) in [4.78, 5) is 10.2. The number of rotatable bonds is 5. The summed E-state index contributed by atoms with van der Waals surface area (Å²) in [7, 11) is 0. The van der Waals surface area contributed by atoms with Gasteiger partial charge < -0.3 is 14.4 Å². The lowest BCUT2D eigenvalue weighted by Gasteiger charge is -2.09. The first-order valence-electron chi connectivity index (χ1n) is 4.29. The Morgan fingerprint density at radius 2 is 2.43 bits per heavy atom. The van der Waals surface area contributed by atoms with Crippen LogP contribution in [0.4, 0.5) is 0 Å². The molecule has 6 nitrogen and oxygen atoms in total. The molecule has 0 atom stereocenters. The number of carboxylic acids is 1. The minimum atomic E-state index is -0.986. The van der Waals surface area contributed by atoms with Crippen LogP contribution in [0, 0.1) is 0 Å². The van der Waals surface area contributed by atoms with Crippen molar-refractivity contribution in [3.8, 4) is 0 Å². The van der Waals surface area contributed by atoms with E-state index < -0.39 is 5.97 Å². The Labute approximate surface area is 81.5 Å². The molecule has 0 bridgehead atoms. The van der Waals surface area contributed by atoms with Crippen LogP contribution in [0.25, 0.3) is 0 Å². The van der Waals surface area contributed by atoms with Gasteiger partial charge in [0.05, 0.1) is 0 Å². The van der Waals surface area contributed by atoms with E-state index >= 15 is 0 Å². The Balaban J connectivity index is 2.50. The van der Waals surface area contributed by atoms with E-state index in [0.717, 1.165) is 0 Å². The zero-order chi connectivity index (χ0) is 10.6. The Kier molecular flexibility index (Phi) is 3.58. The molecule has 78 valence electrons. The van der Waals surface area contributed by atoms with E-state index in [1.807, 2.05) is 18.4 Å². The molecule has 6 heteroatoms. The monoisotopic (exact) mass is 199 g/mol. The maximum absolute atomic E-state index is 10.2. The number of carbonyl (C=O) groups is 1. The van der Waals surface area contributed by atoms with Crippen LogP contribution in [-0.2, 0) is 16.1 Å². The van der Waals surface area contributed by atoms with Crippen LogP contribution >= 0.6 is 0 Å². The standard InChI is InChI=1S/C8H13N3O3/c1-6(2)11-5-9-10-7(11)3-14-4-8(12)13/h5-6H,3-4H2,1-2H3,(H,12,13). The summed E-state index contributed by atoms with van der Waals surface area (Å²) in [5.74, 6) is -0.345. The SMILES string of the molecule is CC(C)n1cnnc1COCC(=O)O. The molecule has 0 unspecified atom stereocenters. The molecule has 1 heterocycles. The molecule has 1 aromatic rings. The van der Waals surface area contributed by atoms with E-state index in [2.05, 4.69) is 10.2 Å². The highest BCUT2D eigenvalue weighted by molar-refractivity contribution is 5.67. The van der Waals surface area contributed by atoms with E-state index in [0.29, 0.717) is 5.82 Å². The van der Waals surface area contributed by atoms with Crippen molar-refractivity contribution >= 4 is 5.97 Å². The molecule has 0 saturated heterocycles. The number of hydrogen-bond donors (Lipinski definition) is 1. The Morgan fingerprint density at radius 3 is 3.00 bits per heavy atom. The first kappa shape index (κ1) is 10.6. The van der Waals surface area contributed by atoms with Crippen molar-refractivity contribution in [3.63, 3.8) is 0 Å². The number of ether oxygens (including phenoxy) is 1. The molecule has 0 radical (unpaired) electrons. The summed E-state index contributed by atoms with van der Waals surface area (Å²) < 4.78 is 6.74. The highest BCUT2D eigenvalue weighted by atomic mass is 16.5. The van der Waals surface area contributed by atoms with Crippen molar-refractivity contribution in [3.05, 3.63) is 12.2 Å². The molecule has 0 fully saturated rings. The summed E-state index contributed by atoms with van der Waals surface area (Å²) in [6.45, 7) is 3.84. The first-order valence-corrected chi connectivity index (χ1v) is 4.29. The molecule has 14 heavy (non-hydrogen) atoms. The first-order chi connectivity index (χ1) is 6.61. The molecule has 0 aliphatic carbocycles. The van der Waals surface area contributed by atoms with Gasteiger partial charge in [-0.2, -0.15) is 0 Å². The minimum absolute atomic E-state index is 0.171.